The molecule has 0 N–H and O–H groups in total. The number of carbonyl (C=O) groups is 1. The number of aryl methyl sites for hydroxylation is 2. The minimum absolute atomic E-state index is 0.164. The number of carbonyl (C=O) groups excluding carboxylic acids is 1. The Labute approximate surface area is 177 Å². The predicted octanol–water partition coefficient (Wildman–Crippen LogP) is 3.85. The van der Waals surface area contributed by atoms with Crippen LogP contribution in [-0.2, 0) is 14.8 Å². The molecule has 2 heterocycles. The van der Waals surface area contributed by atoms with E-state index in [-0.39, 0.29) is 5.91 Å². The van der Waals surface area contributed by atoms with Crippen LogP contribution in [-0.4, -0.2) is 60.7 Å². The average molecular weight is 443 g/mol. The molecule has 1 atom stereocenters. The molecule has 2 fully saturated rings. The summed E-state index contributed by atoms with van der Waals surface area (Å²) in [4.78, 5) is 14.7. The highest BCUT2D eigenvalue weighted by molar-refractivity contribution is 8.77. The Morgan fingerprint density at radius 3 is 2.57 bits per heavy atom. The van der Waals surface area contributed by atoms with Crippen molar-refractivity contribution in [3.63, 3.8) is 0 Å². The third-order valence-corrected chi connectivity index (χ3v) is 10.5. The molecule has 0 spiro atoms. The summed E-state index contributed by atoms with van der Waals surface area (Å²) >= 11 is 0. The van der Waals surface area contributed by atoms with Gasteiger partial charge in [-0.15, -0.1) is 0 Å². The second kappa shape index (κ2) is 9.87. The highest BCUT2D eigenvalue weighted by Crippen LogP contribution is 2.39. The van der Waals surface area contributed by atoms with Gasteiger partial charge in [0.2, 0.25) is 15.9 Å². The first-order valence-electron chi connectivity index (χ1n) is 10.0. The average Bonchev–Trinajstić information content (AvgIpc) is 3.20. The van der Waals surface area contributed by atoms with E-state index < -0.39 is 10.0 Å². The van der Waals surface area contributed by atoms with Crippen molar-refractivity contribution >= 4 is 37.5 Å². The quantitative estimate of drug-likeness (QED) is 0.474. The van der Waals surface area contributed by atoms with Gasteiger partial charge in [0.25, 0.3) is 0 Å². The van der Waals surface area contributed by atoms with Crippen molar-refractivity contribution in [2.24, 2.45) is 0 Å². The van der Waals surface area contributed by atoms with E-state index in [1.54, 1.807) is 6.07 Å². The molecule has 156 valence electrons. The number of sulfonamides is 1. The molecule has 1 amide bonds. The third-order valence-electron chi connectivity index (χ3n) is 5.45. The first-order valence-corrected chi connectivity index (χ1v) is 13.8. The van der Waals surface area contributed by atoms with E-state index in [2.05, 4.69) is 0 Å². The number of unbranched alkanes of at least 4 members (excludes halogenated alkanes) is 1. The molecule has 1 unspecified atom stereocenters. The number of hydrogen-bond acceptors (Lipinski definition) is 5. The second-order valence-corrected chi connectivity index (χ2v) is 12.3. The fraction of sp³-hybridized carbons (Fsp3) is 0.650. The van der Waals surface area contributed by atoms with Gasteiger partial charge in [0.1, 0.15) is 0 Å². The fourth-order valence-corrected chi connectivity index (χ4v) is 8.43. The summed E-state index contributed by atoms with van der Waals surface area (Å²) in [6, 6.07) is 5.52. The molecule has 28 heavy (non-hydrogen) atoms. The lowest BCUT2D eigenvalue weighted by atomic mass is 10.1. The van der Waals surface area contributed by atoms with Gasteiger partial charge in [-0.05, 0) is 50.3 Å². The Morgan fingerprint density at radius 1 is 1.14 bits per heavy atom. The van der Waals surface area contributed by atoms with Crippen LogP contribution in [0.4, 0.5) is 0 Å². The molecule has 3 rings (SSSR count). The first kappa shape index (κ1) is 22.0. The van der Waals surface area contributed by atoms with Crippen LogP contribution in [0.2, 0.25) is 0 Å². The minimum atomic E-state index is -3.50. The molecular formula is C20H30N2O3S3. The van der Waals surface area contributed by atoms with Crippen LogP contribution in [0.25, 0.3) is 0 Å². The molecule has 2 aliphatic heterocycles. The highest BCUT2D eigenvalue weighted by atomic mass is 33.1. The van der Waals surface area contributed by atoms with Gasteiger partial charge in [-0.3, -0.25) is 4.79 Å². The smallest absolute Gasteiger partial charge is 0.243 e. The summed E-state index contributed by atoms with van der Waals surface area (Å²) in [5.41, 5.74) is 1.70. The van der Waals surface area contributed by atoms with Crippen molar-refractivity contribution in [3.8, 4) is 0 Å². The zero-order valence-corrected chi connectivity index (χ0v) is 19.2. The lowest BCUT2D eigenvalue weighted by Gasteiger charge is -2.34. The lowest BCUT2D eigenvalue weighted by Crippen LogP contribution is -2.50. The summed E-state index contributed by atoms with van der Waals surface area (Å²) in [6.45, 7) is 5.44. The van der Waals surface area contributed by atoms with Crippen LogP contribution in [0, 0.1) is 13.8 Å². The van der Waals surface area contributed by atoms with Crippen molar-refractivity contribution < 1.29 is 13.2 Å². The first-order chi connectivity index (χ1) is 13.4. The van der Waals surface area contributed by atoms with Crippen LogP contribution >= 0.6 is 21.6 Å². The van der Waals surface area contributed by atoms with Gasteiger partial charge in [-0.2, -0.15) is 4.31 Å². The molecule has 2 aliphatic rings. The van der Waals surface area contributed by atoms with E-state index in [9.17, 15) is 13.2 Å². The Balaban J connectivity index is 1.46. The zero-order valence-electron chi connectivity index (χ0n) is 16.7. The van der Waals surface area contributed by atoms with E-state index in [0.717, 1.165) is 29.2 Å². The number of piperazine rings is 1. The second-order valence-electron chi connectivity index (χ2n) is 7.63. The van der Waals surface area contributed by atoms with E-state index in [4.69, 9.17) is 0 Å². The normalized spacial score (nSPS) is 21.2. The number of benzene rings is 1. The molecule has 0 saturated carbocycles. The van der Waals surface area contributed by atoms with Crippen molar-refractivity contribution in [3.05, 3.63) is 29.3 Å². The van der Waals surface area contributed by atoms with Gasteiger partial charge >= 0.3 is 0 Å². The maximum absolute atomic E-state index is 13.0. The molecular weight excluding hydrogens is 412 g/mol. The van der Waals surface area contributed by atoms with E-state index in [0.29, 0.717) is 37.5 Å². The lowest BCUT2D eigenvalue weighted by molar-refractivity contribution is -0.132. The summed E-state index contributed by atoms with van der Waals surface area (Å²) in [5, 5.41) is 0.763. The molecule has 0 bridgehead atoms. The van der Waals surface area contributed by atoms with E-state index >= 15 is 0 Å². The maximum Gasteiger partial charge on any atom is 0.243 e. The number of nitrogens with zero attached hydrogens (tertiary/aromatic N) is 2. The molecule has 8 heteroatoms. The Bertz CT molecular complexity index is 784. The van der Waals surface area contributed by atoms with Gasteiger partial charge in [0.15, 0.2) is 0 Å². The van der Waals surface area contributed by atoms with E-state index in [1.165, 1.54) is 22.9 Å². The van der Waals surface area contributed by atoms with Crippen LogP contribution in [0.3, 0.4) is 0 Å². The van der Waals surface area contributed by atoms with Crippen molar-refractivity contribution in [1.29, 1.82) is 0 Å². The molecule has 0 aromatic heterocycles. The fourth-order valence-electron chi connectivity index (χ4n) is 3.67. The molecule has 5 nitrogen and oxygen atoms in total. The zero-order chi connectivity index (χ0) is 20.1. The molecule has 1 aromatic rings. The SMILES string of the molecule is Cc1ccc(C)c(S(=O)(=O)N2CCN(C(=O)CCCCC3CCSS3)CC2)c1. The third kappa shape index (κ3) is 5.46. The monoisotopic (exact) mass is 442 g/mol. The minimum Gasteiger partial charge on any atom is -0.340 e. The summed E-state index contributed by atoms with van der Waals surface area (Å²) in [7, 11) is 0.446. The number of amides is 1. The van der Waals surface area contributed by atoms with Gasteiger partial charge in [-0.25, -0.2) is 8.42 Å². The Hall–Kier alpha value is -0.700. The molecule has 2 saturated heterocycles. The van der Waals surface area contributed by atoms with Crippen molar-refractivity contribution in [1.82, 2.24) is 9.21 Å². The Morgan fingerprint density at radius 2 is 1.89 bits per heavy atom. The highest BCUT2D eigenvalue weighted by Gasteiger charge is 2.31. The van der Waals surface area contributed by atoms with E-state index in [1.807, 2.05) is 52.5 Å². The van der Waals surface area contributed by atoms with Gasteiger partial charge in [-0.1, -0.05) is 40.1 Å². The van der Waals surface area contributed by atoms with Gasteiger partial charge < -0.3 is 4.90 Å². The molecule has 0 aliphatic carbocycles. The summed E-state index contributed by atoms with van der Waals surface area (Å²) < 4.78 is 27.5. The number of rotatable bonds is 7. The Kier molecular flexibility index (Phi) is 7.75. The van der Waals surface area contributed by atoms with Crippen LogP contribution in [0.1, 0.15) is 43.2 Å². The summed E-state index contributed by atoms with van der Waals surface area (Å²) in [6.07, 6.45) is 5.10. The van der Waals surface area contributed by atoms with Crippen LogP contribution < -0.4 is 0 Å². The predicted molar refractivity (Wildman–Crippen MR) is 118 cm³/mol. The van der Waals surface area contributed by atoms with Crippen LogP contribution in [0.5, 0.6) is 0 Å². The summed E-state index contributed by atoms with van der Waals surface area (Å²) in [5.74, 6) is 1.42. The maximum atomic E-state index is 13.0. The standard InChI is InChI=1S/C20H30N2O3S3/c1-16-7-8-17(2)19(15-16)28(24,25)22-12-10-21(11-13-22)20(23)6-4-3-5-18-9-14-26-27-18/h7-8,15,18H,3-6,9-14H2,1-2H3. The topological polar surface area (TPSA) is 57.7 Å². The van der Waals surface area contributed by atoms with Gasteiger partial charge in [0, 0.05) is 43.6 Å². The van der Waals surface area contributed by atoms with Crippen LogP contribution in [0.15, 0.2) is 23.1 Å². The molecule has 1 aromatic carbocycles. The largest absolute Gasteiger partial charge is 0.340 e. The number of hydrogen-bond donors (Lipinski definition) is 0. The van der Waals surface area contributed by atoms with Crippen molar-refractivity contribution in [2.75, 3.05) is 31.9 Å². The molecule has 0 radical (unpaired) electrons. The van der Waals surface area contributed by atoms with Crippen molar-refractivity contribution in [2.45, 2.75) is 56.1 Å². The van der Waals surface area contributed by atoms with Gasteiger partial charge in [0.05, 0.1) is 4.90 Å².